The molecule has 1 N–H and O–H groups in total. The lowest BCUT2D eigenvalue weighted by molar-refractivity contribution is -0.139. The fraction of sp³-hybridized carbons (Fsp3) is 0.600. The summed E-state index contributed by atoms with van der Waals surface area (Å²) in [6.45, 7) is 4.18. The van der Waals surface area contributed by atoms with Gasteiger partial charge in [0.05, 0.1) is 12.3 Å². The first kappa shape index (κ1) is 15.0. The van der Waals surface area contributed by atoms with Crippen LogP contribution in [0.3, 0.4) is 0 Å². The van der Waals surface area contributed by atoms with Gasteiger partial charge in [-0.25, -0.2) is 0 Å². The molecule has 1 atom stereocenters. The summed E-state index contributed by atoms with van der Waals surface area (Å²) < 4.78 is 0. The Hall–Kier alpha value is -1.36. The lowest BCUT2D eigenvalue weighted by Gasteiger charge is -2.32. The van der Waals surface area contributed by atoms with Crippen LogP contribution in [0, 0.1) is 0 Å². The highest BCUT2D eigenvalue weighted by atomic mass is 32.1. The summed E-state index contributed by atoms with van der Waals surface area (Å²) in [5, 5.41) is 10.9. The van der Waals surface area contributed by atoms with Crippen LogP contribution in [0.5, 0.6) is 0 Å². The van der Waals surface area contributed by atoms with Gasteiger partial charge in [0.1, 0.15) is 0 Å². The van der Waals surface area contributed by atoms with E-state index in [1.807, 2.05) is 19.2 Å². The first-order valence-corrected chi connectivity index (χ1v) is 7.97. The first-order valence-electron chi connectivity index (χ1n) is 7.09. The number of thiophene rings is 1. The number of aliphatic carboxylic acids is 1. The van der Waals surface area contributed by atoms with Crippen LogP contribution >= 0.6 is 11.3 Å². The lowest BCUT2D eigenvalue weighted by Crippen LogP contribution is -2.42. The summed E-state index contributed by atoms with van der Waals surface area (Å²) in [5.74, 6) is -0.856. The van der Waals surface area contributed by atoms with Gasteiger partial charge in [-0.1, -0.05) is 0 Å². The molecule has 1 unspecified atom stereocenters. The lowest BCUT2D eigenvalue weighted by atomic mass is 9.86. The van der Waals surface area contributed by atoms with Crippen molar-refractivity contribution in [3.8, 4) is 0 Å². The SMILES string of the molecule is CC(C)N(CCC(=O)O)C(=O)C1CCCc2sccc21. The number of nitrogens with zero attached hydrogens (tertiary/aromatic N) is 1. The molecule has 0 spiro atoms. The molecule has 0 bridgehead atoms. The summed E-state index contributed by atoms with van der Waals surface area (Å²) in [7, 11) is 0. The summed E-state index contributed by atoms with van der Waals surface area (Å²) in [6.07, 6.45) is 2.98. The molecule has 0 saturated heterocycles. The molecule has 1 amide bonds. The van der Waals surface area contributed by atoms with Gasteiger partial charge in [-0.05, 0) is 50.1 Å². The van der Waals surface area contributed by atoms with E-state index in [2.05, 4.69) is 6.07 Å². The number of rotatable bonds is 5. The number of amides is 1. The number of carbonyl (C=O) groups is 2. The Labute approximate surface area is 123 Å². The Bertz CT molecular complexity index is 495. The molecule has 0 saturated carbocycles. The van der Waals surface area contributed by atoms with E-state index in [9.17, 15) is 9.59 Å². The van der Waals surface area contributed by atoms with Crippen LogP contribution in [0.25, 0.3) is 0 Å². The van der Waals surface area contributed by atoms with E-state index in [-0.39, 0.29) is 24.3 Å². The number of fused-ring (bicyclic) bond motifs is 1. The van der Waals surface area contributed by atoms with Crippen LogP contribution < -0.4 is 0 Å². The molecule has 4 nitrogen and oxygen atoms in total. The Morgan fingerprint density at radius 2 is 2.25 bits per heavy atom. The standard InChI is InChI=1S/C15H21NO3S/c1-10(2)16(8-6-14(17)18)15(19)12-4-3-5-13-11(12)7-9-20-13/h7,9-10,12H,3-6,8H2,1-2H3,(H,17,18). The van der Waals surface area contributed by atoms with Crippen LogP contribution in [0.1, 0.15) is 49.5 Å². The molecule has 0 aromatic carbocycles. The van der Waals surface area contributed by atoms with E-state index in [0.717, 1.165) is 24.8 Å². The second-order valence-electron chi connectivity index (χ2n) is 5.51. The van der Waals surface area contributed by atoms with Gasteiger partial charge in [-0.2, -0.15) is 0 Å². The minimum absolute atomic E-state index is 0.00708. The molecule has 1 aliphatic carbocycles. The van der Waals surface area contributed by atoms with Crippen molar-refractivity contribution in [3.05, 3.63) is 21.9 Å². The van der Waals surface area contributed by atoms with Gasteiger partial charge in [-0.15, -0.1) is 11.3 Å². The van der Waals surface area contributed by atoms with Crippen molar-refractivity contribution in [1.29, 1.82) is 0 Å². The van der Waals surface area contributed by atoms with Crippen molar-refractivity contribution in [2.24, 2.45) is 0 Å². The largest absolute Gasteiger partial charge is 0.481 e. The van der Waals surface area contributed by atoms with Gasteiger partial charge in [0.25, 0.3) is 0 Å². The summed E-state index contributed by atoms with van der Waals surface area (Å²) in [4.78, 5) is 26.5. The summed E-state index contributed by atoms with van der Waals surface area (Å²) in [6, 6.07) is 2.09. The third-order valence-corrected chi connectivity index (χ3v) is 4.82. The molecule has 1 heterocycles. The Morgan fingerprint density at radius 3 is 2.90 bits per heavy atom. The molecule has 1 aromatic rings. The molecule has 1 aromatic heterocycles. The minimum Gasteiger partial charge on any atom is -0.481 e. The number of hydrogen-bond acceptors (Lipinski definition) is 3. The fourth-order valence-corrected chi connectivity index (χ4v) is 3.77. The summed E-state index contributed by atoms with van der Waals surface area (Å²) >= 11 is 1.72. The maximum absolute atomic E-state index is 12.8. The van der Waals surface area contributed by atoms with Gasteiger partial charge in [0.15, 0.2) is 0 Å². The highest BCUT2D eigenvalue weighted by Gasteiger charge is 2.31. The van der Waals surface area contributed by atoms with E-state index >= 15 is 0 Å². The topological polar surface area (TPSA) is 57.6 Å². The third-order valence-electron chi connectivity index (χ3n) is 3.82. The molecule has 0 aliphatic heterocycles. The zero-order valence-corrected chi connectivity index (χ0v) is 12.8. The zero-order chi connectivity index (χ0) is 14.7. The van der Waals surface area contributed by atoms with Crippen molar-refractivity contribution in [3.63, 3.8) is 0 Å². The smallest absolute Gasteiger partial charge is 0.305 e. The van der Waals surface area contributed by atoms with Crippen molar-refractivity contribution in [2.45, 2.75) is 51.5 Å². The highest BCUT2D eigenvalue weighted by Crippen LogP contribution is 2.36. The predicted molar refractivity (Wildman–Crippen MR) is 79.1 cm³/mol. The monoisotopic (exact) mass is 295 g/mol. The van der Waals surface area contributed by atoms with Crippen LogP contribution in [-0.2, 0) is 16.0 Å². The van der Waals surface area contributed by atoms with E-state index in [1.165, 1.54) is 4.88 Å². The fourth-order valence-electron chi connectivity index (χ4n) is 2.78. The number of carboxylic acid groups (broad SMARTS) is 1. The van der Waals surface area contributed by atoms with Crippen molar-refractivity contribution in [2.75, 3.05) is 6.54 Å². The molecule has 110 valence electrons. The number of carboxylic acids is 1. The van der Waals surface area contributed by atoms with Crippen molar-refractivity contribution < 1.29 is 14.7 Å². The van der Waals surface area contributed by atoms with Gasteiger partial charge in [0.2, 0.25) is 5.91 Å². The van der Waals surface area contributed by atoms with E-state index in [1.54, 1.807) is 16.2 Å². The second-order valence-corrected chi connectivity index (χ2v) is 6.51. The molecule has 1 aliphatic rings. The molecule has 2 rings (SSSR count). The Kier molecular flexibility index (Phi) is 4.81. The maximum atomic E-state index is 12.8. The molecule has 0 fully saturated rings. The molecular weight excluding hydrogens is 274 g/mol. The predicted octanol–water partition coefficient (Wildman–Crippen LogP) is 2.88. The third kappa shape index (κ3) is 3.20. The van der Waals surface area contributed by atoms with Crippen LogP contribution in [0.2, 0.25) is 0 Å². The average Bonchev–Trinajstić information content (AvgIpc) is 2.85. The normalized spacial score (nSPS) is 17.9. The first-order chi connectivity index (χ1) is 9.50. The maximum Gasteiger partial charge on any atom is 0.305 e. The zero-order valence-electron chi connectivity index (χ0n) is 12.0. The molecule has 20 heavy (non-hydrogen) atoms. The van der Waals surface area contributed by atoms with Crippen molar-refractivity contribution in [1.82, 2.24) is 4.90 Å². The number of carbonyl (C=O) groups excluding carboxylic acids is 1. The van der Waals surface area contributed by atoms with E-state index in [0.29, 0.717) is 6.54 Å². The van der Waals surface area contributed by atoms with E-state index in [4.69, 9.17) is 5.11 Å². The second kappa shape index (κ2) is 6.39. The highest BCUT2D eigenvalue weighted by molar-refractivity contribution is 7.10. The molecule has 5 heteroatoms. The molecule has 0 radical (unpaired) electrons. The van der Waals surface area contributed by atoms with Crippen molar-refractivity contribution >= 4 is 23.2 Å². The van der Waals surface area contributed by atoms with Crippen LogP contribution in [0.4, 0.5) is 0 Å². The van der Waals surface area contributed by atoms with Gasteiger partial charge >= 0.3 is 5.97 Å². The molecular formula is C15H21NO3S. The van der Waals surface area contributed by atoms with Crippen LogP contribution in [-0.4, -0.2) is 34.5 Å². The van der Waals surface area contributed by atoms with Gasteiger partial charge < -0.3 is 10.0 Å². The Morgan fingerprint density at radius 1 is 1.50 bits per heavy atom. The minimum atomic E-state index is -0.858. The van der Waals surface area contributed by atoms with Crippen LogP contribution in [0.15, 0.2) is 11.4 Å². The van der Waals surface area contributed by atoms with E-state index < -0.39 is 5.97 Å². The number of hydrogen-bond donors (Lipinski definition) is 1. The quantitative estimate of drug-likeness (QED) is 0.908. The van der Waals surface area contributed by atoms with Gasteiger partial charge in [-0.3, -0.25) is 9.59 Å². The summed E-state index contributed by atoms with van der Waals surface area (Å²) in [5.41, 5.74) is 1.16. The number of aryl methyl sites for hydroxylation is 1. The average molecular weight is 295 g/mol. The Balaban J connectivity index is 2.14. The van der Waals surface area contributed by atoms with Gasteiger partial charge in [0, 0.05) is 17.5 Å².